The zero-order valence-corrected chi connectivity index (χ0v) is 10.4. The van der Waals surface area contributed by atoms with Crippen LogP contribution in [0.5, 0.6) is 0 Å². The average molecular weight is 218 g/mol. The van der Waals surface area contributed by atoms with Crippen LogP contribution >= 0.6 is 0 Å². The van der Waals surface area contributed by atoms with Gasteiger partial charge in [0.25, 0.3) is 0 Å². The van der Waals surface area contributed by atoms with Crippen LogP contribution in [0.15, 0.2) is 24.5 Å². The highest BCUT2D eigenvalue weighted by Crippen LogP contribution is 1.99. The molecule has 0 unspecified atom stereocenters. The molecule has 1 heterocycles. The fourth-order valence-corrected chi connectivity index (χ4v) is 1.70. The summed E-state index contributed by atoms with van der Waals surface area (Å²) in [5.74, 6) is 0. The molecule has 1 aromatic heterocycles. The van der Waals surface area contributed by atoms with Crippen LogP contribution in [0.1, 0.15) is 45.1 Å². The third kappa shape index (κ3) is 6.19. The fourth-order valence-electron chi connectivity index (χ4n) is 1.70. The van der Waals surface area contributed by atoms with Crippen molar-refractivity contribution in [1.29, 1.82) is 5.26 Å². The molecule has 0 saturated heterocycles. The third-order valence-corrected chi connectivity index (χ3v) is 2.48. The second-order valence-corrected chi connectivity index (χ2v) is 3.91. The minimum atomic E-state index is 1.17. The molecular weight excluding hydrogens is 196 g/mol. The van der Waals surface area contributed by atoms with E-state index in [4.69, 9.17) is 11.8 Å². The molecule has 0 amide bonds. The first kappa shape index (κ1) is 14.6. The fraction of sp³-hybridized carbons (Fsp3) is 0.571. The van der Waals surface area contributed by atoms with Gasteiger partial charge in [0.15, 0.2) is 12.4 Å². The first-order valence-corrected chi connectivity index (χ1v) is 6.07. The standard InChI is InChI=1S/C13H22N.CN/c1-3-5-6-10-14-11-7-9-13(12-14)8-4-2;1-2/h7,9,11-12H,3-6,8,10H2,1-2H3;/q+1;-1. The molecule has 88 valence electrons. The molecule has 0 aliphatic carbocycles. The average Bonchev–Trinajstić information content (AvgIpc) is 2.33. The number of nitrogens with zero attached hydrogens (tertiary/aromatic N) is 2. The quantitative estimate of drug-likeness (QED) is 0.409. The van der Waals surface area contributed by atoms with Crippen molar-refractivity contribution in [2.75, 3.05) is 0 Å². The summed E-state index contributed by atoms with van der Waals surface area (Å²) in [7, 11) is 0. The highest BCUT2D eigenvalue weighted by Gasteiger charge is 2.01. The molecule has 2 heteroatoms. The maximum atomic E-state index is 6.25. The molecule has 0 saturated carbocycles. The summed E-state index contributed by atoms with van der Waals surface area (Å²) in [6.07, 6.45) is 10.8. The zero-order valence-electron chi connectivity index (χ0n) is 10.4. The number of hydrogen-bond acceptors (Lipinski definition) is 1. The van der Waals surface area contributed by atoms with Crippen molar-refractivity contribution in [3.05, 3.63) is 36.7 Å². The van der Waals surface area contributed by atoms with Crippen LogP contribution in [0.2, 0.25) is 0 Å². The lowest BCUT2D eigenvalue weighted by Crippen LogP contribution is -2.33. The molecule has 0 aliphatic rings. The van der Waals surface area contributed by atoms with E-state index in [1.54, 1.807) is 0 Å². The highest BCUT2D eigenvalue weighted by molar-refractivity contribution is 5.04. The van der Waals surface area contributed by atoms with Crippen LogP contribution in [-0.2, 0) is 13.0 Å². The van der Waals surface area contributed by atoms with Gasteiger partial charge in [0, 0.05) is 18.1 Å². The van der Waals surface area contributed by atoms with Crippen molar-refractivity contribution in [3.8, 4) is 0 Å². The zero-order chi connectivity index (χ0) is 12.2. The Morgan fingerprint density at radius 1 is 1.19 bits per heavy atom. The summed E-state index contributed by atoms with van der Waals surface area (Å²) in [4.78, 5) is 0. The number of unbranched alkanes of at least 4 members (excludes halogenated alkanes) is 2. The van der Waals surface area contributed by atoms with Gasteiger partial charge in [-0.15, -0.1) is 0 Å². The van der Waals surface area contributed by atoms with Gasteiger partial charge in [-0.25, -0.2) is 4.57 Å². The van der Waals surface area contributed by atoms with E-state index in [0.717, 1.165) is 0 Å². The molecule has 0 aromatic carbocycles. The van der Waals surface area contributed by atoms with E-state index >= 15 is 0 Å². The first-order chi connectivity index (χ1) is 7.86. The topological polar surface area (TPSA) is 27.7 Å². The number of hydrogen-bond donors (Lipinski definition) is 0. The molecular formula is C14H22N2. The minimum absolute atomic E-state index is 1.17. The molecule has 0 aliphatic heterocycles. The van der Waals surface area contributed by atoms with Crippen molar-refractivity contribution in [1.82, 2.24) is 0 Å². The van der Waals surface area contributed by atoms with E-state index in [-0.39, 0.29) is 0 Å². The van der Waals surface area contributed by atoms with Crippen LogP contribution in [0.25, 0.3) is 0 Å². The number of pyridine rings is 1. The summed E-state index contributed by atoms with van der Waals surface area (Å²) in [5, 5.41) is 6.25. The molecule has 1 rings (SSSR count). The van der Waals surface area contributed by atoms with Crippen molar-refractivity contribution in [3.63, 3.8) is 0 Å². The molecule has 0 N–H and O–H groups in total. The van der Waals surface area contributed by atoms with E-state index in [1.807, 2.05) is 0 Å². The Bertz CT molecular complexity index is 292. The van der Waals surface area contributed by atoms with E-state index in [9.17, 15) is 0 Å². The maximum Gasteiger partial charge on any atom is 0.171 e. The van der Waals surface area contributed by atoms with Crippen molar-refractivity contribution in [2.24, 2.45) is 0 Å². The molecule has 0 atom stereocenters. The Morgan fingerprint density at radius 2 is 1.94 bits per heavy atom. The lowest BCUT2D eigenvalue weighted by molar-refractivity contribution is -0.697. The predicted molar refractivity (Wildman–Crippen MR) is 65.1 cm³/mol. The van der Waals surface area contributed by atoms with Crippen LogP contribution in [0.4, 0.5) is 0 Å². The molecule has 0 spiro atoms. The van der Waals surface area contributed by atoms with Crippen LogP contribution in [-0.4, -0.2) is 0 Å². The summed E-state index contributed by atoms with van der Waals surface area (Å²) in [6.45, 7) is 10.4. The minimum Gasteiger partial charge on any atom is -0.512 e. The lowest BCUT2D eigenvalue weighted by atomic mass is 10.2. The monoisotopic (exact) mass is 218 g/mol. The van der Waals surface area contributed by atoms with E-state index in [2.05, 4.69) is 42.9 Å². The summed E-state index contributed by atoms with van der Waals surface area (Å²) >= 11 is 0. The first-order valence-electron chi connectivity index (χ1n) is 6.07. The summed E-state index contributed by atoms with van der Waals surface area (Å²) < 4.78 is 2.32. The predicted octanol–water partition coefficient (Wildman–Crippen LogP) is 3.21. The molecule has 1 aromatic rings. The van der Waals surface area contributed by atoms with Gasteiger partial charge in [-0.1, -0.05) is 26.7 Å². The van der Waals surface area contributed by atoms with Crippen molar-refractivity contribution < 1.29 is 4.57 Å². The number of aryl methyl sites for hydroxylation is 2. The normalized spacial score (nSPS) is 9.25. The van der Waals surface area contributed by atoms with E-state index in [1.165, 1.54) is 44.2 Å². The number of aromatic nitrogens is 1. The van der Waals surface area contributed by atoms with Gasteiger partial charge >= 0.3 is 0 Å². The number of rotatable bonds is 6. The van der Waals surface area contributed by atoms with Gasteiger partial charge in [-0.05, 0) is 18.9 Å². The van der Waals surface area contributed by atoms with Gasteiger partial charge in [0.2, 0.25) is 0 Å². The molecule has 0 radical (unpaired) electrons. The van der Waals surface area contributed by atoms with Crippen molar-refractivity contribution in [2.45, 2.75) is 52.5 Å². The van der Waals surface area contributed by atoms with Gasteiger partial charge < -0.3 is 11.8 Å². The molecule has 0 fully saturated rings. The Kier molecular flexibility index (Phi) is 9.30. The Hall–Kier alpha value is -1.36. The smallest absolute Gasteiger partial charge is 0.171 e. The Morgan fingerprint density at radius 3 is 2.56 bits per heavy atom. The van der Waals surface area contributed by atoms with Gasteiger partial charge in [-0.3, -0.25) is 0 Å². The summed E-state index contributed by atoms with van der Waals surface area (Å²) in [5.41, 5.74) is 1.46. The second kappa shape index (κ2) is 10.2. The van der Waals surface area contributed by atoms with Gasteiger partial charge in [-0.2, -0.15) is 0 Å². The molecule has 2 nitrogen and oxygen atoms in total. The van der Waals surface area contributed by atoms with Gasteiger partial charge in [0.05, 0.1) is 0 Å². The van der Waals surface area contributed by atoms with E-state index in [0.29, 0.717) is 0 Å². The SMILES string of the molecule is CCCCC[n+]1cccc(CCC)c1.[C-]#N. The van der Waals surface area contributed by atoms with E-state index < -0.39 is 0 Å². The second-order valence-electron chi connectivity index (χ2n) is 3.91. The molecule has 0 bridgehead atoms. The van der Waals surface area contributed by atoms with Crippen LogP contribution in [0, 0.1) is 11.8 Å². The van der Waals surface area contributed by atoms with Crippen molar-refractivity contribution >= 4 is 0 Å². The largest absolute Gasteiger partial charge is 0.512 e. The van der Waals surface area contributed by atoms with Crippen LogP contribution in [0.3, 0.4) is 0 Å². The Balaban J connectivity index is 0.00000106. The lowest BCUT2D eigenvalue weighted by Gasteiger charge is -1.99. The maximum absolute atomic E-state index is 6.25. The Labute approximate surface area is 99.5 Å². The highest BCUT2D eigenvalue weighted by atomic mass is 14.9. The third-order valence-electron chi connectivity index (χ3n) is 2.48. The summed E-state index contributed by atoms with van der Waals surface area (Å²) in [6, 6.07) is 4.39. The van der Waals surface area contributed by atoms with Gasteiger partial charge in [0.1, 0.15) is 6.54 Å². The molecule has 16 heavy (non-hydrogen) atoms. The van der Waals surface area contributed by atoms with Crippen LogP contribution < -0.4 is 4.57 Å².